The number of nitrogens with zero attached hydrogens (tertiary/aromatic N) is 3. The second kappa shape index (κ2) is 9.94. The fourth-order valence-corrected chi connectivity index (χ4v) is 5.12. The van der Waals surface area contributed by atoms with Gasteiger partial charge in [0.25, 0.3) is 0 Å². The summed E-state index contributed by atoms with van der Waals surface area (Å²) in [5.41, 5.74) is 0.942. The van der Waals surface area contributed by atoms with E-state index in [0.29, 0.717) is 12.5 Å². The van der Waals surface area contributed by atoms with Gasteiger partial charge in [-0.25, -0.2) is 4.39 Å². The fourth-order valence-electron chi connectivity index (χ4n) is 3.85. The van der Waals surface area contributed by atoms with Crippen LogP contribution in [0.5, 0.6) is 0 Å². The first-order chi connectivity index (χ1) is 13.8. The molecule has 2 amide bonds. The molecular weight excluding hydrogens is 389 g/mol. The molecule has 5 nitrogen and oxygen atoms in total. The van der Waals surface area contributed by atoms with Crippen molar-refractivity contribution in [1.29, 1.82) is 0 Å². The summed E-state index contributed by atoms with van der Waals surface area (Å²) in [7, 11) is 0. The quantitative estimate of drug-likeness (QED) is 0.706. The number of carbonyl (C=O) groups excluding carboxylic acids is 2. The topological polar surface area (TPSA) is 43.9 Å². The van der Waals surface area contributed by atoms with Gasteiger partial charge >= 0.3 is 0 Å². The van der Waals surface area contributed by atoms with Crippen molar-refractivity contribution in [2.45, 2.75) is 45.0 Å². The monoisotopic (exact) mass is 421 g/mol. The molecule has 1 aromatic rings. The van der Waals surface area contributed by atoms with E-state index < -0.39 is 0 Å². The van der Waals surface area contributed by atoms with Crippen molar-refractivity contribution in [2.24, 2.45) is 5.92 Å². The lowest BCUT2D eigenvalue weighted by Crippen LogP contribution is -2.49. The lowest BCUT2D eigenvalue weighted by molar-refractivity contribution is -0.137. The van der Waals surface area contributed by atoms with Gasteiger partial charge in [0.2, 0.25) is 11.8 Å². The normalized spacial score (nSPS) is 20.7. The van der Waals surface area contributed by atoms with Gasteiger partial charge in [-0.1, -0.05) is 19.1 Å². The summed E-state index contributed by atoms with van der Waals surface area (Å²) in [5, 5.41) is -0.0867. The Morgan fingerprint density at radius 2 is 1.72 bits per heavy atom. The molecule has 7 heteroatoms. The standard InChI is InChI=1S/C22H32FN3O2S/c1-16(2)25(14-20(27)24-10-8-17(3)9-11-24)15-21(28)26-12-13-29-22(26)18-4-6-19(23)7-5-18/h4-7,16-17,22H,8-15H2,1-3H3/t22-/m1/s1. The third-order valence-corrected chi connectivity index (χ3v) is 7.17. The molecule has 0 aromatic heterocycles. The van der Waals surface area contributed by atoms with Crippen molar-refractivity contribution >= 4 is 23.6 Å². The molecular formula is C22H32FN3O2S. The van der Waals surface area contributed by atoms with Crippen LogP contribution in [0.4, 0.5) is 4.39 Å². The molecule has 2 heterocycles. The minimum Gasteiger partial charge on any atom is -0.342 e. The third kappa shape index (κ3) is 5.72. The lowest BCUT2D eigenvalue weighted by Gasteiger charge is -2.34. The van der Waals surface area contributed by atoms with E-state index in [2.05, 4.69) is 6.92 Å². The van der Waals surface area contributed by atoms with Crippen LogP contribution in [0, 0.1) is 11.7 Å². The molecule has 29 heavy (non-hydrogen) atoms. The minimum atomic E-state index is -0.272. The van der Waals surface area contributed by atoms with Gasteiger partial charge in [-0.3, -0.25) is 14.5 Å². The first-order valence-electron chi connectivity index (χ1n) is 10.5. The van der Waals surface area contributed by atoms with Crippen LogP contribution in [0.15, 0.2) is 24.3 Å². The molecule has 2 aliphatic rings. The van der Waals surface area contributed by atoms with Gasteiger partial charge in [0.1, 0.15) is 11.2 Å². The van der Waals surface area contributed by atoms with Crippen LogP contribution in [0.1, 0.15) is 44.6 Å². The number of piperidine rings is 1. The summed E-state index contributed by atoms with van der Waals surface area (Å²) < 4.78 is 13.3. The van der Waals surface area contributed by atoms with Crippen LogP contribution in [0.25, 0.3) is 0 Å². The molecule has 160 valence electrons. The summed E-state index contributed by atoms with van der Waals surface area (Å²) >= 11 is 1.70. The van der Waals surface area contributed by atoms with Crippen LogP contribution < -0.4 is 0 Å². The molecule has 0 aliphatic carbocycles. The summed E-state index contributed by atoms with van der Waals surface area (Å²) in [4.78, 5) is 31.6. The summed E-state index contributed by atoms with van der Waals surface area (Å²) in [5.74, 6) is 1.41. The van der Waals surface area contributed by atoms with Crippen LogP contribution in [-0.2, 0) is 9.59 Å². The summed E-state index contributed by atoms with van der Waals surface area (Å²) in [6.07, 6.45) is 2.10. The van der Waals surface area contributed by atoms with E-state index in [1.165, 1.54) is 12.1 Å². The van der Waals surface area contributed by atoms with Crippen LogP contribution in [0.2, 0.25) is 0 Å². The number of likely N-dealkylation sites (tertiary alicyclic amines) is 1. The molecule has 0 radical (unpaired) electrons. The molecule has 0 spiro atoms. The Balaban J connectivity index is 1.61. The van der Waals surface area contributed by atoms with Crippen LogP contribution in [0.3, 0.4) is 0 Å². The van der Waals surface area contributed by atoms with Gasteiger partial charge in [0.05, 0.1) is 13.1 Å². The largest absolute Gasteiger partial charge is 0.342 e. The van der Waals surface area contributed by atoms with Crippen molar-refractivity contribution in [3.63, 3.8) is 0 Å². The van der Waals surface area contributed by atoms with Crippen LogP contribution >= 0.6 is 11.8 Å². The number of carbonyl (C=O) groups is 2. The van der Waals surface area contributed by atoms with E-state index in [1.807, 2.05) is 28.5 Å². The highest BCUT2D eigenvalue weighted by Gasteiger charge is 2.32. The second-order valence-corrected chi connectivity index (χ2v) is 9.61. The van der Waals surface area contributed by atoms with E-state index >= 15 is 0 Å². The van der Waals surface area contributed by atoms with Crippen molar-refractivity contribution in [2.75, 3.05) is 38.5 Å². The van der Waals surface area contributed by atoms with Crippen molar-refractivity contribution in [3.8, 4) is 0 Å². The van der Waals surface area contributed by atoms with Gasteiger partial charge in [-0.15, -0.1) is 11.8 Å². The Hall–Kier alpha value is -1.60. The maximum atomic E-state index is 13.3. The molecule has 2 aliphatic heterocycles. The second-order valence-electron chi connectivity index (χ2n) is 8.42. The molecule has 1 aromatic carbocycles. The average molecular weight is 422 g/mol. The Kier molecular flexibility index (Phi) is 7.57. The van der Waals surface area contributed by atoms with Crippen molar-refractivity contribution in [1.82, 2.24) is 14.7 Å². The predicted molar refractivity (Wildman–Crippen MR) is 115 cm³/mol. The molecule has 0 N–H and O–H groups in total. The van der Waals surface area contributed by atoms with E-state index in [9.17, 15) is 14.0 Å². The minimum absolute atomic E-state index is 0.0260. The highest BCUT2D eigenvalue weighted by atomic mass is 32.2. The molecule has 0 bridgehead atoms. The SMILES string of the molecule is CC1CCN(C(=O)CN(CC(=O)N2CCS[C@@H]2c2ccc(F)cc2)C(C)C)CC1. The number of hydrogen-bond acceptors (Lipinski definition) is 4. The predicted octanol–water partition coefficient (Wildman–Crippen LogP) is 3.37. The van der Waals surface area contributed by atoms with Gasteiger partial charge in [-0.05, 0) is 50.3 Å². The zero-order chi connectivity index (χ0) is 21.0. The van der Waals surface area contributed by atoms with E-state index in [4.69, 9.17) is 0 Å². The van der Waals surface area contributed by atoms with Gasteiger partial charge < -0.3 is 9.80 Å². The van der Waals surface area contributed by atoms with Gasteiger partial charge in [0, 0.05) is 31.4 Å². The molecule has 2 fully saturated rings. The molecule has 1 atom stereocenters. The molecule has 0 unspecified atom stereocenters. The molecule has 3 rings (SSSR count). The van der Waals surface area contributed by atoms with Crippen molar-refractivity contribution in [3.05, 3.63) is 35.6 Å². The highest BCUT2D eigenvalue weighted by molar-refractivity contribution is 7.99. The summed E-state index contributed by atoms with van der Waals surface area (Å²) in [6, 6.07) is 6.48. The Morgan fingerprint density at radius 3 is 2.34 bits per heavy atom. The first-order valence-corrected chi connectivity index (χ1v) is 11.6. The Morgan fingerprint density at radius 1 is 1.10 bits per heavy atom. The zero-order valence-electron chi connectivity index (χ0n) is 17.6. The van der Waals surface area contributed by atoms with Crippen LogP contribution in [-0.4, -0.2) is 71.0 Å². The smallest absolute Gasteiger partial charge is 0.237 e. The Bertz CT molecular complexity index is 705. The maximum Gasteiger partial charge on any atom is 0.237 e. The number of hydrogen-bond donors (Lipinski definition) is 0. The van der Waals surface area contributed by atoms with E-state index in [1.54, 1.807) is 23.9 Å². The number of amides is 2. The number of benzene rings is 1. The zero-order valence-corrected chi connectivity index (χ0v) is 18.5. The Labute approximate surface area is 177 Å². The first kappa shape index (κ1) is 22.1. The highest BCUT2D eigenvalue weighted by Crippen LogP contribution is 2.38. The average Bonchev–Trinajstić information content (AvgIpc) is 3.18. The number of thioether (sulfide) groups is 1. The fraction of sp³-hybridized carbons (Fsp3) is 0.636. The molecule has 0 saturated carbocycles. The third-order valence-electron chi connectivity index (χ3n) is 5.91. The van der Waals surface area contributed by atoms with E-state index in [-0.39, 0.29) is 42.1 Å². The number of halogens is 1. The maximum absolute atomic E-state index is 13.3. The van der Waals surface area contributed by atoms with Gasteiger partial charge in [-0.2, -0.15) is 0 Å². The van der Waals surface area contributed by atoms with Crippen molar-refractivity contribution < 1.29 is 14.0 Å². The van der Waals surface area contributed by atoms with Gasteiger partial charge in [0.15, 0.2) is 0 Å². The molecule has 2 saturated heterocycles. The lowest BCUT2D eigenvalue weighted by atomic mass is 9.99. The number of rotatable bonds is 6. The van der Waals surface area contributed by atoms with E-state index in [0.717, 1.165) is 37.2 Å². The summed E-state index contributed by atoms with van der Waals surface area (Å²) in [6.45, 7) is 9.09.